The smallest absolute Gasteiger partial charge is 0.274 e. The molecule has 4 rings (SSSR count). The highest BCUT2D eigenvalue weighted by molar-refractivity contribution is 5.94. The standard InChI is InChI=1S/C23H30FN5O/c1-3-10-29-21-9-8-19(25-16-17-4-6-18(24)7-5-17)15-20(21)22(26-29)23(30)28-13-11-27(2)12-14-28/h3-7,19,25H,1,8-16H2,2H3/t19-/m1/s1. The van der Waals surface area contributed by atoms with Crippen molar-refractivity contribution in [3.05, 3.63) is 65.3 Å². The molecule has 1 amide bonds. The first-order chi connectivity index (χ1) is 14.5. The molecule has 1 aromatic carbocycles. The van der Waals surface area contributed by atoms with Crippen LogP contribution in [0.3, 0.4) is 0 Å². The number of piperazine rings is 1. The van der Waals surface area contributed by atoms with Crippen molar-refractivity contribution in [1.82, 2.24) is 24.9 Å². The summed E-state index contributed by atoms with van der Waals surface area (Å²) in [6.45, 7) is 8.41. The van der Waals surface area contributed by atoms with Gasteiger partial charge in [-0.2, -0.15) is 5.10 Å². The third-order valence-electron chi connectivity index (χ3n) is 6.15. The SMILES string of the molecule is C=CCn1nc(C(=O)N2CCN(C)CC2)c2c1CC[C@@H](NCc1ccc(F)cc1)C2. The van der Waals surface area contributed by atoms with Gasteiger partial charge >= 0.3 is 0 Å². The molecule has 0 radical (unpaired) electrons. The number of hydrogen-bond acceptors (Lipinski definition) is 4. The van der Waals surface area contributed by atoms with E-state index in [1.807, 2.05) is 15.7 Å². The molecule has 1 atom stereocenters. The van der Waals surface area contributed by atoms with Gasteiger partial charge < -0.3 is 15.1 Å². The van der Waals surface area contributed by atoms with Gasteiger partial charge in [-0.15, -0.1) is 6.58 Å². The lowest BCUT2D eigenvalue weighted by Crippen LogP contribution is -2.47. The normalized spacial score (nSPS) is 19.5. The molecule has 2 aromatic rings. The van der Waals surface area contributed by atoms with E-state index in [1.165, 1.54) is 12.1 Å². The molecule has 1 N–H and O–H groups in total. The number of halogens is 1. The van der Waals surface area contributed by atoms with Crippen LogP contribution in [0.5, 0.6) is 0 Å². The van der Waals surface area contributed by atoms with Crippen molar-refractivity contribution in [3.8, 4) is 0 Å². The van der Waals surface area contributed by atoms with Crippen LogP contribution >= 0.6 is 0 Å². The highest BCUT2D eigenvalue weighted by Crippen LogP contribution is 2.26. The number of nitrogens with one attached hydrogen (secondary N) is 1. The summed E-state index contributed by atoms with van der Waals surface area (Å²) in [7, 11) is 2.08. The summed E-state index contributed by atoms with van der Waals surface area (Å²) in [6.07, 6.45) is 4.48. The number of allylic oxidation sites excluding steroid dienone is 1. The van der Waals surface area contributed by atoms with Crippen molar-refractivity contribution in [2.75, 3.05) is 33.2 Å². The van der Waals surface area contributed by atoms with Crippen LogP contribution in [0, 0.1) is 5.82 Å². The minimum absolute atomic E-state index is 0.0429. The van der Waals surface area contributed by atoms with Crippen LogP contribution in [-0.4, -0.2) is 64.8 Å². The van der Waals surface area contributed by atoms with Crippen molar-refractivity contribution >= 4 is 5.91 Å². The van der Waals surface area contributed by atoms with Crippen molar-refractivity contribution in [2.45, 2.75) is 38.4 Å². The van der Waals surface area contributed by atoms with E-state index in [4.69, 9.17) is 5.10 Å². The summed E-state index contributed by atoms with van der Waals surface area (Å²) < 4.78 is 15.1. The highest BCUT2D eigenvalue weighted by Gasteiger charge is 2.31. The molecule has 0 unspecified atom stereocenters. The summed E-state index contributed by atoms with van der Waals surface area (Å²) in [6, 6.07) is 6.86. The van der Waals surface area contributed by atoms with Crippen molar-refractivity contribution in [2.24, 2.45) is 0 Å². The van der Waals surface area contributed by atoms with Crippen LogP contribution in [0.1, 0.15) is 33.7 Å². The molecule has 1 aromatic heterocycles. The van der Waals surface area contributed by atoms with Gasteiger partial charge in [-0.1, -0.05) is 18.2 Å². The van der Waals surface area contributed by atoms with Crippen LogP contribution in [0.2, 0.25) is 0 Å². The number of amides is 1. The Kier molecular flexibility index (Phi) is 6.29. The maximum atomic E-state index is 13.3. The fourth-order valence-corrected chi connectivity index (χ4v) is 4.33. The van der Waals surface area contributed by atoms with Gasteiger partial charge in [-0.05, 0) is 44.0 Å². The van der Waals surface area contributed by atoms with Crippen molar-refractivity contribution < 1.29 is 9.18 Å². The number of aromatic nitrogens is 2. The van der Waals surface area contributed by atoms with E-state index in [0.29, 0.717) is 18.8 Å². The zero-order valence-electron chi connectivity index (χ0n) is 17.6. The Balaban J connectivity index is 1.50. The Morgan fingerprint density at radius 3 is 2.70 bits per heavy atom. The number of hydrogen-bond donors (Lipinski definition) is 1. The summed E-state index contributed by atoms with van der Waals surface area (Å²) in [4.78, 5) is 17.4. The quantitative estimate of drug-likeness (QED) is 0.741. The first-order valence-electron chi connectivity index (χ1n) is 10.7. The van der Waals surface area contributed by atoms with E-state index in [2.05, 4.69) is 23.8 Å². The number of nitrogens with zero attached hydrogens (tertiary/aromatic N) is 4. The molecule has 1 fully saturated rings. The monoisotopic (exact) mass is 411 g/mol. The molecule has 2 heterocycles. The molecule has 1 aliphatic carbocycles. The third kappa shape index (κ3) is 4.47. The minimum Gasteiger partial charge on any atom is -0.335 e. The molecule has 160 valence electrons. The van der Waals surface area contributed by atoms with Crippen molar-refractivity contribution in [3.63, 3.8) is 0 Å². The van der Waals surface area contributed by atoms with Crippen molar-refractivity contribution in [1.29, 1.82) is 0 Å². The van der Waals surface area contributed by atoms with Crippen LogP contribution in [0.4, 0.5) is 4.39 Å². The van der Waals surface area contributed by atoms with Gasteiger partial charge in [-0.3, -0.25) is 9.48 Å². The molecule has 1 saturated heterocycles. The lowest BCUT2D eigenvalue weighted by Gasteiger charge is -2.32. The van der Waals surface area contributed by atoms with E-state index in [9.17, 15) is 9.18 Å². The first kappa shape index (κ1) is 20.8. The first-order valence-corrected chi connectivity index (χ1v) is 10.7. The molecule has 0 spiro atoms. The lowest BCUT2D eigenvalue weighted by molar-refractivity contribution is 0.0656. The summed E-state index contributed by atoms with van der Waals surface area (Å²) in [5.74, 6) is -0.177. The van der Waals surface area contributed by atoms with Gasteiger partial charge in [0, 0.05) is 50.0 Å². The third-order valence-corrected chi connectivity index (χ3v) is 6.15. The van der Waals surface area contributed by atoms with Crippen LogP contribution in [-0.2, 0) is 25.9 Å². The number of benzene rings is 1. The van der Waals surface area contributed by atoms with E-state index in [1.54, 1.807) is 12.1 Å². The Hall–Kier alpha value is -2.51. The predicted octanol–water partition coefficient (Wildman–Crippen LogP) is 2.24. The lowest BCUT2D eigenvalue weighted by atomic mass is 9.90. The van der Waals surface area contributed by atoms with Gasteiger partial charge in [-0.25, -0.2) is 4.39 Å². The zero-order valence-corrected chi connectivity index (χ0v) is 17.6. The maximum Gasteiger partial charge on any atom is 0.274 e. The van der Waals surface area contributed by atoms with Gasteiger partial charge in [0.15, 0.2) is 5.69 Å². The largest absolute Gasteiger partial charge is 0.335 e. The Labute approximate surface area is 177 Å². The molecule has 6 nitrogen and oxygen atoms in total. The van der Waals surface area contributed by atoms with Gasteiger partial charge in [0.1, 0.15) is 5.82 Å². The molecular weight excluding hydrogens is 381 g/mol. The second kappa shape index (κ2) is 9.10. The molecule has 0 saturated carbocycles. The maximum absolute atomic E-state index is 13.3. The number of likely N-dealkylation sites (N-methyl/N-ethyl adjacent to an activating group) is 1. The van der Waals surface area contributed by atoms with E-state index in [0.717, 1.165) is 62.3 Å². The second-order valence-electron chi connectivity index (χ2n) is 8.29. The average molecular weight is 412 g/mol. The zero-order chi connectivity index (χ0) is 21.1. The van der Waals surface area contributed by atoms with Crippen LogP contribution in [0.25, 0.3) is 0 Å². The van der Waals surface area contributed by atoms with Gasteiger partial charge in [0.2, 0.25) is 0 Å². The van der Waals surface area contributed by atoms with Crippen LogP contribution in [0.15, 0.2) is 36.9 Å². The number of fused-ring (bicyclic) bond motifs is 1. The summed E-state index contributed by atoms with van der Waals surface area (Å²) in [5, 5.41) is 8.29. The van der Waals surface area contributed by atoms with Gasteiger partial charge in [0.05, 0.1) is 6.54 Å². The molecular formula is C23H30FN5O. The Morgan fingerprint density at radius 2 is 2.00 bits per heavy atom. The second-order valence-corrected chi connectivity index (χ2v) is 8.29. The molecule has 2 aliphatic rings. The van der Waals surface area contributed by atoms with E-state index >= 15 is 0 Å². The number of carbonyl (C=O) groups is 1. The average Bonchev–Trinajstić information content (AvgIpc) is 3.11. The van der Waals surface area contributed by atoms with Crippen LogP contribution < -0.4 is 5.32 Å². The summed E-state index contributed by atoms with van der Waals surface area (Å²) >= 11 is 0. The Morgan fingerprint density at radius 1 is 1.27 bits per heavy atom. The molecule has 7 heteroatoms. The number of carbonyl (C=O) groups excluding carboxylic acids is 1. The Bertz CT molecular complexity index is 899. The van der Waals surface area contributed by atoms with Gasteiger partial charge in [0.25, 0.3) is 5.91 Å². The molecule has 0 bridgehead atoms. The topological polar surface area (TPSA) is 53.4 Å². The minimum atomic E-state index is -0.220. The van der Waals surface area contributed by atoms with E-state index < -0.39 is 0 Å². The molecule has 30 heavy (non-hydrogen) atoms. The fourth-order valence-electron chi connectivity index (χ4n) is 4.33. The summed E-state index contributed by atoms with van der Waals surface area (Å²) in [5.41, 5.74) is 3.89. The fraction of sp³-hybridized carbons (Fsp3) is 0.478. The predicted molar refractivity (Wildman–Crippen MR) is 115 cm³/mol. The number of rotatable bonds is 6. The highest BCUT2D eigenvalue weighted by atomic mass is 19.1. The van der Waals surface area contributed by atoms with E-state index in [-0.39, 0.29) is 17.8 Å². The molecule has 1 aliphatic heterocycles.